The SMILES string of the molecule is CN(C)CCOP(=O)(O)OCCOC(=O)C(C)(Br)CC(C)(CC(C)(C)C(=O)OCC(C)(COC(=O)C(C)(C)CC(C)(CC(C)(Br)C(=O)OCCOP(=O)(O)OCCN(C)C)C(=O)OCC1CO1)C(=O)OCCN1C(=O)C2C3C=CC(O3)C2C1=O)C(=O)OCC1CO1. The summed E-state index contributed by atoms with van der Waals surface area (Å²) in [5, 5.41) is 0. The minimum atomic E-state index is -4.49. The first-order chi connectivity index (χ1) is 42.0. The highest BCUT2D eigenvalue weighted by atomic mass is 79.9. The summed E-state index contributed by atoms with van der Waals surface area (Å²) in [5.41, 5.74) is -8.73. The minimum Gasteiger partial charge on any atom is -0.464 e. The summed E-state index contributed by atoms with van der Waals surface area (Å²) in [7, 11) is -2.04. The molecule has 518 valence electrons. The summed E-state index contributed by atoms with van der Waals surface area (Å²) in [5.74, 6) is -9.07. The number of carbonyl (C=O) groups excluding carboxylic acids is 9. The van der Waals surface area contributed by atoms with Crippen molar-refractivity contribution >= 4 is 101 Å². The van der Waals surface area contributed by atoms with E-state index in [1.165, 1.54) is 62.3 Å². The monoisotopic (exact) mass is 1470 g/mol. The number of ether oxygens (including phenoxy) is 10. The fraction of sp³-hybridized carbons (Fsp3) is 0.807. The number of esters is 7. The Kier molecular flexibility index (Phi) is 27.2. The minimum absolute atomic E-state index is 0.117. The Balaban J connectivity index is 1.32. The quantitative estimate of drug-likeness (QED) is 0.0128. The number of imide groups is 1. The number of alkyl halides is 2. The first-order valence-corrected chi connectivity index (χ1v) is 34.1. The summed E-state index contributed by atoms with van der Waals surface area (Å²) >= 11 is 6.77. The van der Waals surface area contributed by atoms with Crippen LogP contribution in [0.1, 0.15) is 88.0 Å². The van der Waals surface area contributed by atoms with Crippen LogP contribution in [0.25, 0.3) is 0 Å². The number of epoxide rings is 2. The molecular weight excluding hydrogens is 1380 g/mol. The second kappa shape index (κ2) is 31.8. The molecule has 2 amide bonds. The number of rotatable bonds is 42. The molecule has 0 aromatic carbocycles. The molecule has 0 spiro atoms. The Hall–Kier alpha value is -3.85. The van der Waals surface area contributed by atoms with Gasteiger partial charge < -0.3 is 67.0 Å². The third kappa shape index (κ3) is 22.9. The van der Waals surface area contributed by atoms with Gasteiger partial charge >= 0.3 is 57.4 Å². The van der Waals surface area contributed by atoms with Crippen LogP contribution in [0.5, 0.6) is 0 Å². The summed E-state index contributed by atoms with van der Waals surface area (Å²) in [6.45, 7) is 8.94. The van der Waals surface area contributed by atoms with Crippen LogP contribution in [-0.2, 0) is 118 Å². The first-order valence-electron chi connectivity index (χ1n) is 29.5. The molecule has 12 atom stereocenters. The molecule has 91 heavy (non-hydrogen) atoms. The standard InChI is InChI=1S/C57H89Br2N3O27P2/c1-51(2,30-53(5,46(67)81-28-36-26-79-36)32-56(8,58)49(70)77-22-24-87-90(72,73)85-20-16-60(10)11)44(65)83-34-55(7,48(69)76-19-18-62-42(63)40-38-14-15-39(89-38)41(40)43(62)64)35-84-45(66)52(3,4)31-54(6,47(68)82-29-37-27-80-37)33-57(9,59)50(71)78-23-25-88-91(74,75)86-21-17-61(12)13/h14-15,36-41H,16-35H2,1-13H3,(H,72,73)(H,74,75). The molecular formula is C57H89Br2N3O27P2. The summed E-state index contributed by atoms with van der Waals surface area (Å²) in [4.78, 5) is 150. The van der Waals surface area contributed by atoms with Gasteiger partial charge in [0.25, 0.3) is 0 Å². The number of likely N-dealkylation sites (tertiary alicyclic amines) is 1. The number of fused-ring (bicyclic) bond motifs is 5. The van der Waals surface area contributed by atoms with E-state index in [1.807, 2.05) is 0 Å². The lowest BCUT2D eigenvalue weighted by atomic mass is 9.69. The second-order valence-electron chi connectivity index (χ2n) is 26.4. The maximum absolute atomic E-state index is 14.5. The third-order valence-electron chi connectivity index (χ3n) is 15.5. The maximum atomic E-state index is 14.5. The van der Waals surface area contributed by atoms with Gasteiger partial charge in [0.05, 0.1) is 91.9 Å². The van der Waals surface area contributed by atoms with Gasteiger partial charge in [0.2, 0.25) is 11.8 Å². The third-order valence-corrected chi connectivity index (χ3v) is 18.7. The average molecular weight is 1470 g/mol. The van der Waals surface area contributed by atoms with E-state index in [9.17, 15) is 62.1 Å². The van der Waals surface area contributed by atoms with Crippen LogP contribution in [0.15, 0.2) is 12.2 Å². The maximum Gasteiger partial charge on any atom is 0.472 e. The highest BCUT2D eigenvalue weighted by Crippen LogP contribution is 2.49. The normalized spacial score (nSPS) is 24.7. The van der Waals surface area contributed by atoms with Gasteiger partial charge in [-0.15, -0.1) is 0 Å². The van der Waals surface area contributed by atoms with Crippen LogP contribution in [0, 0.1) is 38.9 Å². The van der Waals surface area contributed by atoms with Crippen molar-refractivity contribution in [2.24, 2.45) is 38.9 Å². The van der Waals surface area contributed by atoms with Crippen molar-refractivity contribution in [3.05, 3.63) is 12.2 Å². The number of carbonyl (C=O) groups is 9. The Labute approximate surface area is 546 Å². The molecule has 4 fully saturated rings. The van der Waals surface area contributed by atoms with E-state index < -0.39 is 175 Å². The Bertz CT molecular complexity index is 2610. The molecule has 5 aliphatic heterocycles. The summed E-state index contributed by atoms with van der Waals surface area (Å²) in [6, 6.07) is 0. The fourth-order valence-corrected chi connectivity index (χ4v) is 13.6. The molecule has 5 rings (SSSR count). The van der Waals surface area contributed by atoms with E-state index in [0.717, 1.165) is 4.90 Å². The number of halogens is 2. The van der Waals surface area contributed by atoms with Gasteiger partial charge in [0, 0.05) is 13.1 Å². The van der Waals surface area contributed by atoms with Crippen LogP contribution < -0.4 is 0 Å². The van der Waals surface area contributed by atoms with Crippen LogP contribution in [0.2, 0.25) is 0 Å². The van der Waals surface area contributed by atoms with Gasteiger partial charge in [0.15, 0.2) is 0 Å². The lowest BCUT2D eigenvalue weighted by Crippen LogP contribution is -2.47. The van der Waals surface area contributed by atoms with Crippen molar-refractivity contribution < 1.29 is 128 Å². The van der Waals surface area contributed by atoms with Crippen molar-refractivity contribution in [1.29, 1.82) is 0 Å². The van der Waals surface area contributed by atoms with Crippen LogP contribution in [0.3, 0.4) is 0 Å². The van der Waals surface area contributed by atoms with Gasteiger partial charge in [-0.05, 0) is 116 Å². The zero-order chi connectivity index (χ0) is 68.3. The molecule has 2 bridgehead atoms. The molecule has 0 radical (unpaired) electrons. The van der Waals surface area contributed by atoms with Crippen molar-refractivity contribution in [2.75, 3.05) is 134 Å². The Morgan fingerprint density at radius 2 is 0.846 bits per heavy atom. The van der Waals surface area contributed by atoms with Crippen molar-refractivity contribution in [1.82, 2.24) is 14.7 Å². The molecule has 0 aliphatic carbocycles. The molecule has 0 saturated carbocycles. The van der Waals surface area contributed by atoms with Crippen molar-refractivity contribution in [3.63, 3.8) is 0 Å². The fourth-order valence-electron chi connectivity index (χ4n) is 10.7. The van der Waals surface area contributed by atoms with Crippen LogP contribution >= 0.6 is 47.5 Å². The molecule has 12 unspecified atom stereocenters. The zero-order valence-corrected chi connectivity index (χ0v) is 58.8. The van der Waals surface area contributed by atoms with Crippen molar-refractivity contribution in [2.45, 2.75) is 121 Å². The number of nitrogens with zero attached hydrogens (tertiary/aromatic N) is 3. The van der Waals surface area contributed by atoms with E-state index in [2.05, 4.69) is 31.9 Å². The van der Waals surface area contributed by atoms with Crippen LogP contribution in [0.4, 0.5) is 0 Å². The van der Waals surface area contributed by atoms with Gasteiger partial charge in [-0.2, -0.15) is 0 Å². The molecule has 5 aliphatic rings. The smallest absolute Gasteiger partial charge is 0.464 e. The molecule has 5 heterocycles. The van der Waals surface area contributed by atoms with Crippen molar-refractivity contribution in [3.8, 4) is 0 Å². The molecule has 34 heteroatoms. The number of hydrogen-bond donors (Lipinski definition) is 2. The number of phosphoric ester groups is 2. The van der Waals surface area contributed by atoms with E-state index >= 15 is 0 Å². The first kappa shape index (κ1) is 77.9. The van der Waals surface area contributed by atoms with Gasteiger partial charge in [-0.3, -0.25) is 66.1 Å². The summed E-state index contributed by atoms with van der Waals surface area (Å²) < 4.78 is 96.7. The van der Waals surface area contributed by atoms with E-state index in [0.29, 0.717) is 26.3 Å². The number of likely N-dealkylation sites (N-methyl/N-ethyl adjacent to an activating group) is 2. The predicted molar refractivity (Wildman–Crippen MR) is 323 cm³/mol. The Morgan fingerprint density at radius 1 is 0.505 bits per heavy atom. The number of phosphoric acid groups is 2. The predicted octanol–water partition coefficient (Wildman–Crippen LogP) is 3.85. The zero-order valence-electron chi connectivity index (χ0n) is 53.9. The Morgan fingerprint density at radius 3 is 1.20 bits per heavy atom. The highest BCUT2D eigenvalue weighted by Gasteiger charge is 2.61. The molecule has 4 saturated heterocycles. The molecule has 2 N–H and O–H groups in total. The topological polar surface area (TPSA) is 374 Å². The molecule has 0 aromatic heterocycles. The number of amides is 2. The lowest BCUT2D eigenvalue weighted by molar-refractivity contribution is -0.178. The largest absolute Gasteiger partial charge is 0.472 e. The van der Waals surface area contributed by atoms with Crippen LogP contribution in [-0.4, -0.2) is 245 Å². The van der Waals surface area contributed by atoms with E-state index in [1.54, 1.807) is 50.1 Å². The lowest BCUT2D eigenvalue weighted by Gasteiger charge is -2.38. The number of hydrogen-bond acceptors (Lipinski definition) is 27. The van der Waals surface area contributed by atoms with Gasteiger partial charge in [0.1, 0.15) is 72.5 Å². The summed E-state index contributed by atoms with van der Waals surface area (Å²) in [6.07, 6.45) is 0.0747. The second-order valence-corrected chi connectivity index (χ2v) is 32.8. The van der Waals surface area contributed by atoms with E-state index in [-0.39, 0.29) is 70.9 Å². The van der Waals surface area contributed by atoms with Gasteiger partial charge in [-0.1, -0.05) is 44.0 Å². The average Bonchev–Trinajstić information content (AvgIpc) is 1.58. The molecule has 0 aromatic rings. The molecule has 30 nitrogen and oxygen atoms in total. The van der Waals surface area contributed by atoms with Gasteiger partial charge in [-0.25, -0.2) is 9.13 Å². The highest BCUT2D eigenvalue weighted by molar-refractivity contribution is 9.10. The van der Waals surface area contributed by atoms with E-state index in [4.69, 9.17) is 65.5 Å².